The number of anilines is 1. The molecule has 0 aliphatic rings. The van der Waals surface area contributed by atoms with Crippen LogP contribution < -0.4 is 10.6 Å². The van der Waals surface area contributed by atoms with Gasteiger partial charge in [0.25, 0.3) is 0 Å². The molecular formula is C19H24N2O3. The van der Waals surface area contributed by atoms with Gasteiger partial charge < -0.3 is 20.5 Å². The number of benzene rings is 2. The zero-order chi connectivity index (χ0) is 17.4. The summed E-state index contributed by atoms with van der Waals surface area (Å²) in [6.45, 7) is 1.82. The minimum atomic E-state index is -0.341. The number of amides is 2. The van der Waals surface area contributed by atoms with Crippen LogP contribution in [0.3, 0.4) is 0 Å². The molecule has 2 aromatic carbocycles. The summed E-state index contributed by atoms with van der Waals surface area (Å²) < 4.78 is 5.28. The Hall–Kier alpha value is -2.37. The number of urea groups is 1. The highest BCUT2D eigenvalue weighted by Gasteiger charge is 2.13. The van der Waals surface area contributed by atoms with Crippen molar-refractivity contribution < 1.29 is 14.6 Å². The highest BCUT2D eigenvalue weighted by Crippen LogP contribution is 2.19. The molecule has 0 spiro atoms. The Morgan fingerprint density at radius 2 is 1.92 bits per heavy atom. The van der Waals surface area contributed by atoms with Crippen molar-refractivity contribution in [2.75, 3.05) is 19.0 Å². The molecule has 2 atom stereocenters. The van der Waals surface area contributed by atoms with Gasteiger partial charge in [-0.05, 0) is 36.6 Å². The number of hydrogen-bond acceptors (Lipinski definition) is 3. The van der Waals surface area contributed by atoms with Gasteiger partial charge in [-0.3, -0.25) is 0 Å². The molecule has 24 heavy (non-hydrogen) atoms. The number of methoxy groups -OCH3 is 1. The van der Waals surface area contributed by atoms with E-state index in [1.807, 2.05) is 61.5 Å². The van der Waals surface area contributed by atoms with E-state index in [2.05, 4.69) is 10.6 Å². The highest BCUT2D eigenvalue weighted by molar-refractivity contribution is 5.89. The van der Waals surface area contributed by atoms with Crippen molar-refractivity contribution >= 4 is 11.7 Å². The van der Waals surface area contributed by atoms with Gasteiger partial charge in [-0.1, -0.05) is 42.5 Å². The maximum Gasteiger partial charge on any atom is 0.319 e. The van der Waals surface area contributed by atoms with Gasteiger partial charge in [0.05, 0.1) is 18.8 Å². The molecule has 5 heteroatoms. The second-order valence-corrected chi connectivity index (χ2v) is 5.67. The summed E-state index contributed by atoms with van der Waals surface area (Å²) in [5.41, 5.74) is 2.73. The van der Waals surface area contributed by atoms with E-state index in [-0.39, 0.29) is 24.8 Å². The summed E-state index contributed by atoms with van der Waals surface area (Å²) in [5, 5.41) is 15.1. The molecule has 0 heterocycles. The lowest BCUT2D eigenvalue weighted by Gasteiger charge is -2.17. The Balaban J connectivity index is 1.94. The molecule has 0 radical (unpaired) electrons. The molecule has 0 bridgehead atoms. The first kappa shape index (κ1) is 18.0. The lowest BCUT2D eigenvalue weighted by molar-refractivity contribution is 0.119. The molecule has 0 fully saturated rings. The van der Waals surface area contributed by atoms with Crippen LogP contribution in [0.5, 0.6) is 0 Å². The quantitative estimate of drug-likeness (QED) is 0.731. The van der Waals surface area contributed by atoms with Crippen LogP contribution in [-0.2, 0) is 11.2 Å². The molecular weight excluding hydrogens is 304 g/mol. The van der Waals surface area contributed by atoms with E-state index in [0.717, 1.165) is 11.1 Å². The third-order valence-electron chi connectivity index (χ3n) is 3.85. The van der Waals surface area contributed by atoms with Crippen LogP contribution in [0.15, 0.2) is 54.6 Å². The summed E-state index contributed by atoms with van der Waals surface area (Å²) >= 11 is 0. The molecule has 3 N–H and O–H groups in total. The molecule has 2 aromatic rings. The first-order chi connectivity index (χ1) is 11.6. The van der Waals surface area contributed by atoms with Gasteiger partial charge in [0.15, 0.2) is 0 Å². The van der Waals surface area contributed by atoms with E-state index in [1.54, 1.807) is 7.11 Å². The van der Waals surface area contributed by atoms with Crippen LogP contribution >= 0.6 is 0 Å². The molecule has 0 saturated heterocycles. The largest absolute Gasteiger partial charge is 0.394 e. The minimum Gasteiger partial charge on any atom is -0.394 e. The van der Waals surface area contributed by atoms with Crippen LogP contribution in [0, 0.1) is 0 Å². The van der Waals surface area contributed by atoms with Gasteiger partial charge >= 0.3 is 6.03 Å². The molecule has 2 unspecified atom stereocenters. The standard InChI is InChI=1S/C19H24N2O3/c1-14(24-2)16-9-6-10-17(12-16)20-19(23)21-18(13-22)11-15-7-4-3-5-8-15/h3-10,12,14,18,22H,11,13H2,1-2H3,(H2,20,21,23). The summed E-state index contributed by atoms with van der Waals surface area (Å²) in [6.07, 6.45) is 0.531. The van der Waals surface area contributed by atoms with Crippen molar-refractivity contribution in [2.24, 2.45) is 0 Å². The molecule has 2 amide bonds. The fourth-order valence-electron chi connectivity index (χ4n) is 2.42. The molecule has 0 aliphatic carbocycles. The lowest BCUT2D eigenvalue weighted by Crippen LogP contribution is -2.41. The van der Waals surface area contributed by atoms with Crippen LogP contribution in [-0.4, -0.2) is 30.9 Å². The minimum absolute atomic E-state index is 0.0434. The van der Waals surface area contributed by atoms with Gasteiger partial charge in [-0.2, -0.15) is 0 Å². The highest BCUT2D eigenvalue weighted by atomic mass is 16.5. The third kappa shape index (κ3) is 5.37. The molecule has 128 valence electrons. The number of carbonyl (C=O) groups is 1. The maximum atomic E-state index is 12.2. The van der Waals surface area contributed by atoms with Gasteiger partial charge in [-0.15, -0.1) is 0 Å². The van der Waals surface area contributed by atoms with Gasteiger partial charge in [-0.25, -0.2) is 4.79 Å². The van der Waals surface area contributed by atoms with E-state index in [0.29, 0.717) is 12.1 Å². The van der Waals surface area contributed by atoms with E-state index in [9.17, 15) is 9.90 Å². The second-order valence-electron chi connectivity index (χ2n) is 5.67. The molecule has 0 saturated carbocycles. The van der Waals surface area contributed by atoms with Gasteiger partial charge in [0, 0.05) is 12.8 Å². The van der Waals surface area contributed by atoms with Crippen molar-refractivity contribution in [2.45, 2.75) is 25.5 Å². The topological polar surface area (TPSA) is 70.6 Å². The number of ether oxygens (including phenoxy) is 1. The normalized spacial score (nSPS) is 13.1. The monoisotopic (exact) mass is 328 g/mol. The predicted octanol–water partition coefficient (Wildman–Crippen LogP) is 3.12. The smallest absolute Gasteiger partial charge is 0.319 e. The Bertz CT molecular complexity index is 646. The predicted molar refractivity (Wildman–Crippen MR) is 95.0 cm³/mol. The number of hydrogen-bond donors (Lipinski definition) is 3. The first-order valence-corrected chi connectivity index (χ1v) is 7.97. The van der Waals surface area contributed by atoms with Crippen LogP contribution in [0.25, 0.3) is 0 Å². The zero-order valence-electron chi connectivity index (χ0n) is 14.0. The average molecular weight is 328 g/mol. The number of aliphatic hydroxyl groups excluding tert-OH is 1. The Labute approximate surface area is 142 Å². The summed E-state index contributed by atoms with van der Waals surface area (Å²) in [6, 6.07) is 16.6. The van der Waals surface area contributed by atoms with E-state index in [4.69, 9.17) is 4.74 Å². The van der Waals surface area contributed by atoms with Crippen molar-refractivity contribution in [1.82, 2.24) is 5.32 Å². The second kappa shape index (κ2) is 9.05. The average Bonchev–Trinajstić information content (AvgIpc) is 2.61. The maximum absolute atomic E-state index is 12.2. The Kier molecular flexibility index (Phi) is 6.78. The number of carbonyl (C=O) groups excluding carboxylic acids is 1. The fraction of sp³-hybridized carbons (Fsp3) is 0.316. The lowest BCUT2D eigenvalue weighted by atomic mass is 10.1. The Morgan fingerprint density at radius 3 is 2.58 bits per heavy atom. The molecule has 2 rings (SSSR count). The first-order valence-electron chi connectivity index (χ1n) is 7.97. The molecule has 5 nitrogen and oxygen atoms in total. The van der Waals surface area contributed by atoms with E-state index in [1.165, 1.54) is 0 Å². The van der Waals surface area contributed by atoms with E-state index >= 15 is 0 Å². The third-order valence-corrected chi connectivity index (χ3v) is 3.85. The van der Waals surface area contributed by atoms with Gasteiger partial charge in [0.2, 0.25) is 0 Å². The van der Waals surface area contributed by atoms with E-state index < -0.39 is 0 Å². The summed E-state index contributed by atoms with van der Waals surface area (Å²) in [5.74, 6) is 0. The van der Waals surface area contributed by atoms with Crippen molar-refractivity contribution in [1.29, 1.82) is 0 Å². The van der Waals surface area contributed by atoms with Crippen molar-refractivity contribution in [3.05, 3.63) is 65.7 Å². The van der Waals surface area contributed by atoms with Crippen LogP contribution in [0.4, 0.5) is 10.5 Å². The van der Waals surface area contributed by atoms with Gasteiger partial charge in [0.1, 0.15) is 0 Å². The number of rotatable bonds is 7. The van der Waals surface area contributed by atoms with Crippen molar-refractivity contribution in [3.63, 3.8) is 0 Å². The number of aliphatic hydroxyl groups is 1. The zero-order valence-corrected chi connectivity index (χ0v) is 14.0. The van der Waals surface area contributed by atoms with Crippen LogP contribution in [0.1, 0.15) is 24.2 Å². The fourth-order valence-corrected chi connectivity index (χ4v) is 2.42. The summed E-state index contributed by atoms with van der Waals surface area (Å²) in [4.78, 5) is 12.2. The molecule has 0 aromatic heterocycles. The van der Waals surface area contributed by atoms with Crippen LogP contribution in [0.2, 0.25) is 0 Å². The molecule has 0 aliphatic heterocycles. The SMILES string of the molecule is COC(C)c1cccc(NC(=O)NC(CO)Cc2ccccc2)c1. The number of nitrogens with one attached hydrogen (secondary N) is 2. The van der Waals surface area contributed by atoms with Crippen molar-refractivity contribution in [3.8, 4) is 0 Å². The summed E-state index contributed by atoms with van der Waals surface area (Å²) in [7, 11) is 1.65. The Morgan fingerprint density at radius 1 is 1.17 bits per heavy atom.